The van der Waals surface area contributed by atoms with Crippen LogP contribution in [0.2, 0.25) is 0 Å². The molecule has 2 heterocycles. The van der Waals surface area contributed by atoms with Gasteiger partial charge in [-0.15, -0.1) is 0 Å². The molecule has 1 aromatic carbocycles. The lowest BCUT2D eigenvalue weighted by Gasteiger charge is -2.15. The molecule has 0 unspecified atom stereocenters. The van der Waals surface area contributed by atoms with Gasteiger partial charge in [-0.2, -0.15) is 5.10 Å². The first-order valence-electron chi connectivity index (χ1n) is 7.53. The van der Waals surface area contributed by atoms with E-state index in [4.69, 9.17) is 0 Å². The summed E-state index contributed by atoms with van der Waals surface area (Å²) in [6, 6.07) is 10.6. The summed E-state index contributed by atoms with van der Waals surface area (Å²) in [4.78, 5) is 5.56. The fourth-order valence-electron chi connectivity index (χ4n) is 3.01. The summed E-state index contributed by atoms with van der Waals surface area (Å²) in [5.74, 6) is 1.15. The van der Waals surface area contributed by atoms with Gasteiger partial charge in [0.25, 0.3) is 0 Å². The third-order valence-corrected chi connectivity index (χ3v) is 3.94. The largest absolute Gasteiger partial charge is 0.363 e. The first-order valence-corrected chi connectivity index (χ1v) is 7.53. The van der Waals surface area contributed by atoms with Crippen molar-refractivity contribution in [2.24, 2.45) is 7.05 Å². The van der Waals surface area contributed by atoms with Crippen LogP contribution >= 0.6 is 0 Å². The maximum Gasteiger partial charge on any atom is 0.130 e. The Kier molecular flexibility index (Phi) is 3.90. The van der Waals surface area contributed by atoms with Crippen LogP contribution in [0.25, 0.3) is 10.9 Å². The van der Waals surface area contributed by atoms with Crippen LogP contribution in [0.5, 0.6) is 0 Å². The summed E-state index contributed by atoms with van der Waals surface area (Å²) in [6.07, 6.45) is 0. The van der Waals surface area contributed by atoms with Crippen molar-refractivity contribution < 1.29 is 0 Å². The number of H-pyrrole nitrogens is 1. The van der Waals surface area contributed by atoms with E-state index in [0.29, 0.717) is 0 Å². The highest BCUT2D eigenvalue weighted by atomic mass is 15.4. The van der Waals surface area contributed by atoms with Crippen LogP contribution in [-0.4, -0.2) is 28.9 Å². The molecule has 5 nitrogen and oxygen atoms in total. The molecule has 2 aromatic heterocycles. The second-order valence-electron chi connectivity index (χ2n) is 5.89. The molecule has 22 heavy (non-hydrogen) atoms. The van der Waals surface area contributed by atoms with Gasteiger partial charge in [-0.1, -0.05) is 18.2 Å². The van der Waals surface area contributed by atoms with Gasteiger partial charge in [0.1, 0.15) is 5.82 Å². The number of aromatic amines is 1. The SMILES string of the molecule is Cc1nn(C)c(N(C)C)c1CNCc1cc2ccccc2[nH]1. The number of aryl methyl sites for hydroxylation is 2. The lowest BCUT2D eigenvalue weighted by Crippen LogP contribution is -2.19. The highest BCUT2D eigenvalue weighted by Crippen LogP contribution is 2.21. The number of nitrogens with zero attached hydrogens (tertiary/aromatic N) is 3. The number of fused-ring (bicyclic) bond motifs is 1. The molecule has 3 aromatic rings. The molecule has 0 radical (unpaired) electrons. The van der Waals surface area contributed by atoms with E-state index in [1.807, 2.05) is 11.7 Å². The van der Waals surface area contributed by atoms with Gasteiger partial charge >= 0.3 is 0 Å². The third-order valence-electron chi connectivity index (χ3n) is 3.94. The van der Waals surface area contributed by atoms with Gasteiger partial charge in [0.15, 0.2) is 0 Å². The number of para-hydroxylation sites is 1. The fraction of sp³-hybridized carbons (Fsp3) is 0.353. The van der Waals surface area contributed by atoms with E-state index in [0.717, 1.165) is 24.6 Å². The Morgan fingerprint density at radius 3 is 2.73 bits per heavy atom. The smallest absolute Gasteiger partial charge is 0.130 e. The molecule has 0 saturated heterocycles. The van der Waals surface area contributed by atoms with Gasteiger partial charge < -0.3 is 15.2 Å². The number of hydrogen-bond donors (Lipinski definition) is 2. The van der Waals surface area contributed by atoms with E-state index in [2.05, 4.69) is 71.7 Å². The molecule has 116 valence electrons. The topological polar surface area (TPSA) is 48.9 Å². The molecule has 0 aliphatic carbocycles. The van der Waals surface area contributed by atoms with E-state index < -0.39 is 0 Å². The second kappa shape index (κ2) is 5.85. The summed E-state index contributed by atoms with van der Waals surface area (Å²) in [7, 11) is 6.10. The van der Waals surface area contributed by atoms with Gasteiger partial charge in [-0.3, -0.25) is 4.68 Å². The minimum Gasteiger partial charge on any atom is -0.363 e. The van der Waals surface area contributed by atoms with Crippen molar-refractivity contribution in [1.82, 2.24) is 20.1 Å². The van der Waals surface area contributed by atoms with Crippen molar-refractivity contribution in [2.75, 3.05) is 19.0 Å². The molecular formula is C17H23N5. The Morgan fingerprint density at radius 1 is 1.23 bits per heavy atom. The maximum atomic E-state index is 4.52. The Bertz CT molecular complexity index is 749. The summed E-state index contributed by atoms with van der Waals surface area (Å²) in [5, 5.41) is 9.29. The molecule has 5 heteroatoms. The van der Waals surface area contributed by atoms with Gasteiger partial charge in [-0.25, -0.2) is 0 Å². The summed E-state index contributed by atoms with van der Waals surface area (Å²) in [6.45, 7) is 3.69. The van der Waals surface area contributed by atoms with Crippen molar-refractivity contribution in [3.63, 3.8) is 0 Å². The Hall–Kier alpha value is -2.27. The van der Waals surface area contributed by atoms with Crippen LogP contribution in [0.4, 0.5) is 5.82 Å². The monoisotopic (exact) mass is 297 g/mol. The molecule has 0 saturated carbocycles. The number of rotatable bonds is 5. The molecule has 0 amide bonds. The van der Waals surface area contributed by atoms with Gasteiger partial charge in [0.2, 0.25) is 0 Å². The van der Waals surface area contributed by atoms with Gasteiger partial charge in [0.05, 0.1) is 5.69 Å². The van der Waals surface area contributed by atoms with Gasteiger partial charge in [-0.05, 0) is 24.4 Å². The normalized spacial score (nSPS) is 11.3. The number of aromatic nitrogens is 3. The molecule has 0 aliphatic heterocycles. The summed E-state index contributed by atoms with van der Waals surface area (Å²) in [5.41, 5.74) is 4.72. The molecule has 0 fully saturated rings. The minimum atomic E-state index is 0.808. The molecule has 2 N–H and O–H groups in total. The van der Waals surface area contributed by atoms with Crippen LogP contribution in [0.15, 0.2) is 30.3 Å². The van der Waals surface area contributed by atoms with Crippen LogP contribution in [-0.2, 0) is 20.1 Å². The zero-order chi connectivity index (χ0) is 15.7. The van der Waals surface area contributed by atoms with Crippen LogP contribution in [0.1, 0.15) is 17.0 Å². The molecule has 0 aliphatic rings. The highest BCUT2D eigenvalue weighted by molar-refractivity contribution is 5.80. The first-order chi connectivity index (χ1) is 10.6. The molecule has 0 atom stereocenters. The van der Waals surface area contributed by atoms with E-state index >= 15 is 0 Å². The van der Waals surface area contributed by atoms with Crippen LogP contribution in [0, 0.1) is 6.92 Å². The van der Waals surface area contributed by atoms with E-state index in [9.17, 15) is 0 Å². The average Bonchev–Trinajstić information content (AvgIpc) is 2.99. The van der Waals surface area contributed by atoms with Crippen molar-refractivity contribution in [3.8, 4) is 0 Å². The lowest BCUT2D eigenvalue weighted by atomic mass is 10.2. The van der Waals surface area contributed by atoms with Crippen molar-refractivity contribution >= 4 is 16.7 Å². The van der Waals surface area contributed by atoms with E-state index in [-0.39, 0.29) is 0 Å². The van der Waals surface area contributed by atoms with Crippen molar-refractivity contribution in [1.29, 1.82) is 0 Å². The standard InChI is InChI=1S/C17H23N5/c1-12-15(17(21(2)3)22(4)20-12)11-18-10-14-9-13-7-5-6-8-16(13)19-14/h5-9,18-19H,10-11H2,1-4H3. The highest BCUT2D eigenvalue weighted by Gasteiger charge is 2.14. The minimum absolute atomic E-state index is 0.808. The predicted molar refractivity (Wildman–Crippen MR) is 91.1 cm³/mol. The van der Waals surface area contributed by atoms with Crippen LogP contribution < -0.4 is 10.2 Å². The van der Waals surface area contributed by atoms with E-state index in [1.165, 1.54) is 22.2 Å². The molecule has 0 spiro atoms. The third kappa shape index (κ3) is 2.72. The molecular weight excluding hydrogens is 274 g/mol. The number of hydrogen-bond acceptors (Lipinski definition) is 3. The second-order valence-corrected chi connectivity index (χ2v) is 5.89. The van der Waals surface area contributed by atoms with Crippen molar-refractivity contribution in [2.45, 2.75) is 20.0 Å². The molecule has 3 rings (SSSR count). The van der Waals surface area contributed by atoms with Crippen LogP contribution in [0.3, 0.4) is 0 Å². The Morgan fingerprint density at radius 2 is 2.00 bits per heavy atom. The fourth-order valence-corrected chi connectivity index (χ4v) is 3.01. The number of anilines is 1. The molecule has 0 bridgehead atoms. The quantitative estimate of drug-likeness (QED) is 0.761. The predicted octanol–water partition coefficient (Wildman–Crippen LogP) is 2.57. The zero-order valence-electron chi connectivity index (χ0n) is 13.6. The van der Waals surface area contributed by atoms with Crippen molar-refractivity contribution in [3.05, 3.63) is 47.3 Å². The summed E-state index contributed by atoms with van der Waals surface area (Å²) >= 11 is 0. The Balaban J connectivity index is 1.71. The maximum absolute atomic E-state index is 4.52. The first kappa shape index (κ1) is 14.7. The van der Waals surface area contributed by atoms with E-state index in [1.54, 1.807) is 0 Å². The number of benzene rings is 1. The summed E-state index contributed by atoms with van der Waals surface area (Å²) < 4.78 is 1.94. The Labute approximate surface area is 130 Å². The van der Waals surface area contributed by atoms with Gasteiger partial charge in [0, 0.05) is 51.0 Å². The zero-order valence-corrected chi connectivity index (χ0v) is 13.6. The average molecular weight is 297 g/mol. The lowest BCUT2D eigenvalue weighted by molar-refractivity contribution is 0.679. The number of nitrogens with one attached hydrogen (secondary N) is 2.